The zero-order chi connectivity index (χ0) is 11.9. The second-order valence-electron chi connectivity index (χ2n) is 4.43. The van der Waals surface area contributed by atoms with Gasteiger partial charge in [-0.2, -0.15) is 0 Å². The van der Waals surface area contributed by atoms with Crippen LogP contribution in [-0.2, 0) is 4.74 Å². The summed E-state index contributed by atoms with van der Waals surface area (Å²) >= 11 is 0. The van der Waals surface area contributed by atoms with Crippen molar-refractivity contribution in [3.05, 3.63) is 0 Å². The Hall–Kier alpha value is -0.810. The number of aliphatic hydroxyl groups is 1. The van der Waals surface area contributed by atoms with E-state index in [2.05, 4.69) is 10.6 Å². The largest absolute Gasteiger partial charge is 0.395 e. The highest BCUT2D eigenvalue weighted by atomic mass is 16.5. The lowest BCUT2D eigenvalue weighted by Gasteiger charge is -2.42. The number of methoxy groups -OCH3 is 1. The molecule has 1 rings (SSSR count). The summed E-state index contributed by atoms with van der Waals surface area (Å²) < 4.78 is 5.08. The maximum absolute atomic E-state index is 11.3. The Balaban J connectivity index is 2.20. The number of hydrogen-bond donors (Lipinski definition) is 3. The van der Waals surface area contributed by atoms with Crippen LogP contribution in [-0.4, -0.2) is 44.6 Å². The summed E-state index contributed by atoms with van der Waals surface area (Å²) in [5.41, 5.74) is 0.243. The van der Waals surface area contributed by atoms with Crippen LogP contribution in [0.15, 0.2) is 0 Å². The number of rotatable bonds is 7. The van der Waals surface area contributed by atoms with Gasteiger partial charge in [0.05, 0.1) is 6.61 Å². The van der Waals surface area contributed by atoms with Crippen molar-refractivity contribution in [3.63, 3.8) is 0 Å². The zero-order valence-corrected chi connectivity index (χ0v) is 9.92. The molecule has 1 aliphatic carbocycles. The minimum absolute atomic E-state index is 0.0256. The minimum Gasteiger partial charge on any atom is -0.395 e. The topological polar surface area (TPSA) is 70.6 Å². The van der Waals surface area contributed by atoms with Crippen molar-refractivity contribution >= 4 is 6.03 Å². The molecule has 2 amide bonds. The molecule has 0 heterocycles. The molecule has 5 heteroatoms. The number of amides is 2. The molecule has 0 aromatic heterocycles. The fourth-order valence-electron chi connectivity index (χ4n) is 2.01. The van der Waals surface area contributed by atoms with Gasteiger partial charge in [0.25, 0.3) is 0 Å². The van der Waals surface area contributed by atoms with Crippen molar-refractivity contribution in [2.45, 2.75) is 25.7 Å². The van der Waals surface area contributed by atoms with E-state index in [4.69, 9.17) is 9.84 Å². The SMILES string of the molecule is COCCC1(CNC(=O)NCCO)CCC1. The maximum Gasteiger partial charge on any atom is 0.314 e. The van der Waals surface area contributed by atoms with Gasteiger partial charge in [0.15, 0.2) is 0 Å². The lowest BCUT2D eigenvalue weighted by Crippen LogP contribution is -2.46. The van der Waals surface area contributed by atoms with Gasteiger partial charge >= 0.3 is 6.03 Å². The smallest absolute Gasteiger partial charge is 0.314 e. The highest BCUT2D eigenvalue weighted by Gasteiger charge is 2.36. The third-order valence-corrected chi connectivity index (χ3v) is 3.27. The Morgan fingerprint density at radius 3 is 2.69 bits per heavy atom. The number of ether oxygens (including phenoxy) is 1. The molecule has 3 N–H and O–H groups in total. The molecule has 0 radical (unpaired) electrons. The number of carbonyl (C=O) groups is 1. The van der Waals surface area contributed by atoms with Crippen LogP contribution in [0.4, 0.5) is 4.79 Å². The highest BCUT2D eigenvalue weighted by Crippen LogP contribution is 2.43. The van der Waals surface area contributed by atoms with Gasteiger partial charge in [-0.3, -0.25) is 0 Å². The first kappa shape index (κ1) is 13.3. The molecule has 0 atom stereocenters. The van der Waals surface area contributed by atoms with Crippen LogP contribution >= 0.6 is 0 Å². The molecular formula is C11H22N2O3. The molecule has 1 saturated carbocycles. The first-order valence-electron chi connectivity index (χ1n) is 5.84. The van der Waals surface area contributed by atoms with Crippen molar-refractivity contribution in [1.29, 1.82) is 0 Å². The van der Waals surface area contributed by atoms with Gasteiger partial charge < -0.3 is 20.5 Å². The quantitative estimate of drug-likeness (QED) is 0.596. The van der Waals surface area contributed by atoms with Crippen molar-refractivity contribution in [1.82, 2.24) is 10.6 Å². The number of carbonyl (C=O) groups excluding carboxylic acids is 1. The van der Waals surface area contributed by atoms with Gasteiger partial charge in [0, 0.05) is 26.8 Å². The van der Waals surface area contributed by atoms with Crippen LogP contribution in [0, 0.1) is 5.41 Å². The average Bonchev–Trinajstić information content (AvgIpc) is 2.24. The van der Waals surface area contributed by atoms with Crippen molar-refractivity contribution < 1.29 is 14.6 Å². The van der Waals surface area contributed by atoms with Crippen LogP contribution in [0.5, 0.6) is 0 Å². The molecule has 0 unspecified atom stereocenters. The van der Waals surface area contributed by atoms with Gasteiger partial charge in [0.1, 0.15) is 0 Å². The molecule has 1 aliphatic rings. The zero-order valence-electron chi connectivity index (χ0n) is 9.92. The second kappa shape index (κ2) is 6.70. The van der Waals surface area contributed by atoms with E-state index in [0.717, 1.165) is 25.9 Å². The van der Waals surface area contributed by atoms with Crippen LogP contribution in [0.1, 0.15) is 25.7 Å². The van der Waals surface area contributed by atoms with E-state index < -0.39 is 0 Å². The van der Waals surface area contributed by atoms with Crippen LogP contribution < -0.4 is 10.6 Å². The van der Waals surface area contributed by atoms with Gasteiger partial charge in [-0.25, -0.2) is 4.79 Å². The molecular weight excluding hydrogens is 208 g/mol. The Kier molecular flexibility index (Phi) is 5.55. The Labute approximate surface area is 96.6 Å². The molecule has 1 fully saturated rings. The lowest BCUT2D eigenvalue weighted by molar-refractivity contribution is 0.0711. The molecule has 0 saturated heterocycles. The number of aliphatic hydroxyl groups excluding tert-OH is 1. The fourth-order valence-corrected chi connectivity index (χ4v) is 2.01. The number of urea groups is 1. The first-order valence-corrected chi connectivity index (χ1v) is 5.84. The van der Waals surface area contributed by atoms with Gasteiger partial charge in [-0.1, -0.05) is 6.42 Å². The van der Waals surface area contributed by atoms with Crippen LogP contribution in [0.2, 0.25) is 0 Å². The Morgan fingerprint density at radius 2 is 2.19 bits per heavy atom. The summed E-state index contributed by atoms with van der Waals surface area (Å²) in [5, 5.41) is 14.0. The summed E-state index contributed by atoms with van der Waals surface area (Å²) in [5.74, 6) is 0. The average molecular weight is 230 g/mol. The standard InChI is InChI=1S/C11H22N2O3/c1-16-8-5-11(3-2-4-11)9-13-10(15)12-6-7-14/h14H,2-9H2,1H3,(H2,12,13,15). The number of hydrogen-bond acceptors (Lipinski definition) is 3. The molecule has 0 aromatic carbocycles. The van der Waals surface area contributed by atoms with Gasteiger partial charge in [0.2, 0.25) is 0 Å². The Morgan fingerprint density at radius 1 is 1.44 bits per heavy atom. The van der Waals surface area contributed by atoms with Crippen molar-refractivity contribution in [2.75, 3.05) is 33.4 Å². The Bertz CT molecular complexity index is 217. The lowest BCUT2D eigenvalue weighted by atomic mass is 9.67. The predicted molar refractivity (Wildman–Crippen MR) is 61.3 cm³/mol. The highest BCUT2D eigenvalue weighted by molar-refractivity contribution is 5.73. The first-order chi connectivity index (χ1) is 7.72. The third kappa shape index (κ3) is 3.98. The van der Waals surface area contributed by atoms with Gasteiger partial charge in [-0.15, -0.1) is 0 Å². The summed E-state index contributed by atoms with van der Waals surface area (Å²) in [6.45, 7) is 1.73. The van der Waals surface area contributed by atoms with E-state index in [0.29, 0.717) is 13.1 Å². The summed E-state index contributed by atoms with van der Waals surface area (Å²) in [6.07, 6.45) is 4.57. The van der Waals surface area contributed by atoms with E-state index in [1.54, 1.807) is 7.11 Å². The van der Waals surface area contributed by atoms with E-state index in [-0.39, 0.29) is 18.1 Å². The van der Waals surface area contributed by atoms with Crippen LogP contribution in [0.3, 0.4) is 0 Å². The van der Waals surface area contributed by atoms with Gasteiger partial charge in [-0.05, 0) is 24.7 Å². The molecule has 16 heavy (non-hydrogen) atoms. The molecule has 0 aromatic rings. The van der Waals surface area contributed by atoms with E-state index >= 15 is 0 Å². The molecule has 0 bridgehead atoms. The normalized spacial score (nSPS) is 17.6. The second-order valence-corrected chi connectivity index (χ2v) is 4.43. The van der Waals surface area contributed by atoms with E-state index in [1.807, 2.05) is 0 Å². The van der Waals surface area contributed by atoms with E-state index in [9.17, 15) is 4.79 Å². The molecule has 0 aliphatic heterocycles. The maximum atomic E-state index is 11.3. The van der Waals surface area contributed by atoms with Crippen molar-refractivity contribution in [2.24, 2.45) is 5.41 Å². The monoisotopic (exact) mass is 230 g/mol. The summed E-state index contributed by atoms with van der Waals surface area (Å²) in [6, 6.07) is -0.197. The van der Waals surface area contributed by atoms with Crippen molar-refractivity contribution in [3.8, 4) is 0 Å². The van der Waals surface area contributed by atoms with Crippen LogP contribution in [0.25, 0.3) is 0 Å². The third-order valence-electron chi connectivity index (χ3n) is 3.27. The minimum atomic E-state index is -0.197. The number of nitrogens with one attached hydrogen (secondary N) is 2. The predicted octanol–water partition coefficient (Wildman–Crippen LogP) is 0.485. The fraction of sp³-hybridized carbons (Fsp3) is 0.909. The van der Waals surface area contributed by atoms with E-state index in [1.165, 1.54) is 6.42 Å². The molecule has 5 nitrogen and oxygen atoms in total. The molecule has 0 spiro atoms. The summed E-state index contributed by atoms with van der Waals surface area (Å²) in [4.78, 5) is 11.3. The molecule has 94 valence electrons. The summed E-state index contributed by atoms with van der Waals surface area (Å²) in [7, 11) is 1.70.